The molecule has 1 aliphatic carbocycles. The molecular formula is C32H42N8O5. The minimum Gasteiger partial charge on any atom is -0.465 e. The molecule has 3 aliphatic rings. The van der Waals surface area contributed by atoms with Crippen molar-refractivity contribution in [2.75, 3.05) is 39.0 Å². The van der Waals surface area contributed by atoms with E-state index < -0.39 is 29.6 Å². The number of likely N-dealkylation sites (tertiary alicyclic amines) is 2. The number of nitrogens with one attached hydrogen (secondary N) is 1. The number of anilines is 2. The van der Waals surface area contributed by atoms with Crippen LogP contribution in [0.15, 0.2) is 30.6 Å². The first-order valence-electron chi connectivity index (χ1n) is 15.6. The normalized spacial score (nSPS) is 23.8. The van der Waals surface area contributed by atoms with Gasteiger partial charge < -0.3 is 34.8 Å². The highest BCUT2D eigenvalue weighted by atomic mass is 16.4. The zero-order chi connectivity index (χ0) is 32.2. The lowest BCUT2D eigenvalue weighted by Crippen LogP contribution is -2.68. The van der Waals surface area contributed by atoms with E-state index in [4.69, 9.17) is 4.98 Å². The third-order valence-electron chi connectivity index (χ3n) is 9.54. The number of hydrogen-bond donors (Lipinski definition) is 3. The second-order valence-electron chi connectivity index (χ2n) is 13.9. The molecule has 4 atom stereocenters. The molecule has 3 amide bonds. The highest BCUT2D eigenvalue weighted by molar-refractivity contribution is 5.98. The van der Waals surface area contributed by atoms with E-state index in [1.54, 1.807) is 42.2 Å². The van der Waals surface area contributed by atoms with Gasteiger partial charge in [-0.2, -0.15) is 4.98 Å². The van der Waals surface area contributed by atoms with Gasteiger partial charge in [0.1, 0.15) is 17.2 Å². The van der Waals surface area contributed by atoms with E-state index in [9.17, 15) is 24.6 Å². The Balaban J connectivity index is 1.20. The van der Waals surface area contributed by atoms with E-state index in [2.05, 4.69) is 19.9 Å². The summed E-state index contributed by atoms with van der Waals surface area (Å²) in [5.74, 6) is -0.237. The molecule has 2 saturated heterocycles. The summed E-state index contributed by atoms with van der Waals surface area (Å²) in [5, 5.41) is 24.9. The fraction of sp³-hybridized carbons (Fsp3) is 0.562. The van der Waals surface area contributed by atoms with E-state index in [1.165, 1.54) is 11.1 Å². The minimum absolute atomic E-state index is 0.0729. The Morgan fingerprint density at radius 3 is 2.38 bits per heavy atom. The predicted octanol–water partition coefficient (Wildman–Crippen LogP) is 3.84. The Hall–Kier alpha value is -4.26. The Kier molecular flexibility index (Phi) is 7.92. The van der Waals surface area contributed by atoms with Crippen LogP contribution in [0.5, 0.6) is 0 Å². The number of rotatable bonds is 5. The van der Waals surface area contributed by atoms with Crippen molar-refractivity contribution in [1.29, 1.82) is 0 Å². The lowest BCUT2D eigenvalue weighted by Gasteiger charge is -2.56. The molecule has 1 saturated carbocycles. The maximum Gasteiger partial charge on any atom is 0.407 e. The quantitative estimate of drug-likeness (QED) is 0.386. The fourth-order valence-corrected chi connectivity index (χ4v) is 7.59. The average molecular weight is 619 g/mol. The first kappa shape index (κ1) is 30.8. The minimum atomic E-state index is -0.999. The molecule has 13 heteroatoms. The summed E-state index contributed by atoms with van der Waals surface area (Å²) in [6, 6.07) is 5.02. The number of fused-ring (bicyclic) bond motifs is 3. The smallest absolute Gasteiger partial charge is 0.407 e. The standard InChI is InChI=1S/C32H42N8O5/c1-32(2,3)26-22-17-38(15-20(25(22)41)16-39(26)31(44)45)28(42)18-10-11-24(33-13-18)35-30-34-14-19-12-23(29(43)37(4)5)40(27(19)36-30)21-8-6-7-9-21/h10-14,20-22,25-26,41H,6-9,15-17H2,1-5H3,(H,44,45)(H,33,34,35,36)/t20-,22-,25?,26?/m0/s1. The van der Waals surface area contributed by atoms with Crippen LogP contribution in [0, 0.1) is 17.3 Å². The number of carbonyl (C=O) groups is 3. The van der Waals surface area contributed by atoms with Gasteiger partial charge in [-0.05, 0) is 36.5 Å². The Labute approximate surface area is 262 Å². The van der Waals surface area contributed by atoms with Crippen LogP contribution in [-0.2, 0) is 0 Å². The van der Waals surface area contributed by atoms with Crippen molar-refractivity contribution in [2.45, 2.75) is 64.6 Å². The summed E-state index contributed by atoms with van der Waals surface area (Å²) in [6.07, 6.45) is 5.75. The number of hydrogen-bond acceptors (Lipinski definition) is 8. The second kappa shape index (κ2) is 11.6. The lowest BCUT2D eigenvalue weighted by molar-refractivity contribution is -0.115. The SMILES string of the molecule is CN(C)C(=O)c1cc2cnc(Nc3ccc(C(=O)N4C[C@H]5CN(C(=O)O)C(C(C)(C)C)[C@@H](C4)C5O)cn3)nc2n1C1CCCC1. The van der Waals surface area contributed by atoms with Crippen LogP contribution in [0.25, 0.3) is 11.0 Å². The van der Waals surface area contributed by atoms with E-state index in [0.29, 0.717) is 28.7 Å². The number of nitrogens with zero attached hydrogens (tertiary/aromatic N) is 7. The fourth-order valence-electron chi connectivity index (χ4n) is 7.59. The van der Waals surface area contributed by atoms with Gasteiger partial charge in [0.25, 0.3) is 11.8 Å². The lowest BCUT2D eigenvalue weighted by atomic mass is 9.68. The number of piperidine rings is 2. The molecule has 0 radical (unpaired) electrons. The van der Waals surface area contributed by atoms with Gasteiger partial charge >= 0.3 is 6.09 Å². The van der Waals surface area contributed by atoms with Crippen LogP contribution in [0.2, 0.25) is 0 Å². The summed E-state index contributed by atoms with van der Waals surface area (Å²) in [7, 11) is 3.49. The molecule has 0 aromatic carbocycles. The van der Waals surface area contributed by atoms with Crippen molar-refractivity contribution in [2.24, 2.45) is 17.3 Å². The highest BCUT2D eigenvalue weighted by Crippen LogP contribution is 2.42. The number of aliphatic hydroxyl groups excluding tert-OH is 1. The van der Waals surface area contributed by atoms with Gasteiger partial charge in [-0.15, -0.1) is 0 Å². The highest BCUT2D eigenvalue weighted by Gasteiger charge is 2.53. The molecule has 2 unspecified atom stereocenters. The van der Waals surface area contributed by atoms with E-state index in [0.717, 1.165) is 31.1 Å². The Morgan fingerprint density at radius 2 is 1.76 bits per heavy atom. The number of aliphatic hydroxyl groups is 1. The summed E-state index contributed by atoms with van der Waals surface area (Å²) < 4.78 is 2.05. The molecule has 45 heavy (non-hydrogen) atoms. The van der Waals surface area contributed by atoms with Crippen molar-refractivity contribution in [1.82, 2.24) is 34.2 Å². The van der Waals surface area contributed by atoms with Gasteiger partial charge in [0.15, 0.2) is 0 Å². The number of carboxylic acid groups (broad SMARTS) is 1. The summed E-state index contributed by atoms with van der Waals surface area (Å²) in [5.41, 5.74) is 1.29. The van der Waals surface area contributed by atoms with Gasteiger partial charge in [0, 0.05) is 75.4 Å². The summed E-state index contributed by atoms with van der Waals surface area (Å²) in [4.78, 5) is 57.1. The zero-order valence-corrected chi connectivity index (χ0v) is 26.5. The molecule has 3 N–H and O–H groups in total. The van der Waals surface area contributed by atoms with Crippen LogP contribution in [0.4, 0.5) is 16.6 Å². The maximum absolute atomic E-state index is 13.6. The Morgan fingerprint density at radius 1 is 1.02 bits per heavy atom. The maximum atomic E-state index is 13.6. The van der Waals surface area contributed by atoms with Crippen molar-refractivity contribution < 1.29 is 24.6 Å². The third kappa shape index (κ3) is 5.69. The molecule has 2 bridgehead atoms. The van der Waals surface area contributed by atoms with Gasteiger partial charge in [-0.1, -0.05) is 33.6 Å². The van der Waals surface area contributed by atoms with Crippen LogP contribution < -0.4 is 5.32 Å². The summed E-state index contributed by atoms with van der Waals surface area (Å²) >= 11 is 0. The summed E-state index contributed by atoms with van der Waals surface area (Å²) in [6.45, 7) is 6.60. The van der Waals surface area contributed by atoms with Gasteiger partial charge in [-0.3, -0.25) is 9.59 Å². The van der Waals surface area contributed by atoms with Crippen molar-refractivity contribution >= 4 is 40.7 Å². The molecule has 2 aliphatic heterocycles. The largest absolute Gasteiger partial charge is 0.465 e. The zero-order valence-electron chi connectivity index (χ0n) is 26.5. The predicted molar refractivity (Wildman–Crippen MR) is 167 cm³/mol. The van der Waals surface area contributed by atoms with Crippen LogP contribution in [0.1, 0.15) is 73.3 Å². The first-order valence-corrected chi connectivity index (χ1v) is 15.6. The van der Waals surface area contributed by atoms with Crippen molar-refractivity contribution in [3.8, 4) is 0 Å². The van der Waals surface area contributed by atoms with E-state index in [1.807, 2.05) is 26.8 Å². The number of carbonyl (C=O) groups excluding carboxylic acids is 2. The van der Waals surface area contributed by atoms with Crippen molar-refractivity contribution in [3.63, 3.8) is 0 Å². The molecule has 5 heterocycles. The molecule has 3 aromatic heterocycles. The van der Waals surface area contributed by atoms with Crippen molar-refractivity contribution in [3.05, 3.63) is 41.9 Å². The Bertz CT molecular complexity index is 1610. The molecule has 0 spiro atoms. The van der Waals surface area contributed by atoms with E-state index >= 15 is 0 Å². The monoisotopic (exact) mass is 618 g/mol. The van der Waals surface area contributed by atoms with Gasteiger partial charge in [-0.25, -0.2) is 14.8 Å². The van der Waals surface area contributed by atoms with Crippen LogP contribution in [0.3, 0.4) is 0 Å². The van der Waals surface area contributed by atoms with Crippen LogP contribution >= 0.6 is 0 Å². The molecule has 13 nitrogen and oxygen atoms in total. The third-order valence-corrected chi connectivity index (χ3v) is 9.54. The van der Waals surface area contributed by atoms with E-state index in [-0.39, 0.29) is 43.4 Å². The van der Waals surface area contributed by atoms with Gasteiger partial charge in [0.2, 0.25) is 5.95 Å². The molecule has 3 aromatic rings. The molecule has 6 rings (SSSR count). The number of aromatic nitrogens is 4. The first-order chi connectivity index (χ1) is 21.3. The van der Waals surface area contributed by atoms with Gasteiger partial charge in [0.05, 0.1) is 11.7 Å². The second-order valence-corrected chi connectivity index (χ2v) is 13.9. The number of pyridine rings is 1. The van der Waals surface area contributed by atoms with Crippen LogP contribution in [-0.4, -0.2) is 108 Å². The topological polar surface area (TPSA) is 157 Å². The molecular weight excluding hydrogens is 576 g/mol. The number of amides is 3. The average Bonchev–Trinajstić information content (AvgIpc) is 3.63. The molecule has 240 valence electrons. The molecule has 3 fully saturated rings.